The Morgan fingerprint density at radius 2 is 1.79 bits per heavy atom. The summed E-state index contributed by atoms with van der Waals surface area (Å²) in [6.45, 7) is 9.41. The molecule has 0 bridgehead atoms. The number of aromatic nitrogens is 3. The molecule has 0 saturated carbocycles. The highest BCUT2D eigenvalue weighted by Gasteiger charge is 2.24. The van der Waals surface area contributed by atoms with Gasteiger partial charge in [-0.15, -0.1) is 0 Å². The molecule has 0 spiro atoms. The van der Waals surface area contributed by atoms with Crippen LogP contribution in [0.2, 0.25) is 0 Å². The van der Waals surface area contributed by atoms with E-state index in [0.29, 0.717) is 26.3 Å². The van der Waals surface area contributed by atoms with E-state index in [-0.39, 0.29) is 12.0 Å². The largest absolute Gasteiger partial charge is 0.487 e. The maximum Gasteiger partial charge on any atom is 0.320 e. The Labute approximate surface area is 230 Å². The molecule has 1 aliphatic heterocycles. The number of nitrogens with zero attached hydrogens (tertiary/aromatic N) is 4. The van der Waals surface area contributed by atoms with Crippen LogP contribution in [0.5, 0.6) is 5.75 Å². The number of para-hydroxylation sites is 1. The molecule has 1 N–H and O–H groups in total. The third-order valence-electron chi connectivity index (χ3n) is 7.18. The minimum Gasteiger partial charge on any atom is -0.487 e. The number of hydrogen-bond acceptors (Lipinski definition) is 7. The monoisotopic (exact) mass is 527 g/mol. The summed E-state index contributed by atoms with van der Waals surface area (Å²) in [6, 6.07) is 20.7. The van der Waals surface area contributed by atoms with Crippen LogP contribution in [-0.2, 0) is 22.7 Å². The van der Waals surface area contributed by atoms with E-state index in [1.165, 1.54) is 0 Å². The smallest absolute Gasteiger partial charge is 0.320 e. The zero-order valence-electron chi connectivity index (χ0n) is 23.0. The highest BCUT2D eigenvalue weighted by molar-refractivity contribution is 5.82. The number of nitrogens with one attached hydrogen (secondary N) is 1. The van der Waals surface area contributed by atoms with Crippen LogP contribution in [-0.4, -0.2) is 57.7 Å². The van der Waals surface area contributed by atoms with Gasteiger partial charge in [0, 0.05) is 24.8 Å². The van der Waals surface area contributed by atoms with Gasteiger partial charge in [0.05, 0.1) is 30.7 Å². The lowest BCUT2D eigenvalue weighted by Gasteiger charge is -2.31. The van der Waals surface area contributed by atoms with E-state index in [0.717, 1.165) is 71.2 Å². The van der Waals surface area contributed by atoms with Crippen molar-refractivity contribution in [2.24, 2.45) is 0 Å². The number of fused-ring (bicyclic) bond motifs is 1. The summed E-state index contributed by atoms with van der Waals surface area (Å²) in [7, 11) is 0. The summed E-state index contributed by atoms with van der Waals surface area (Å²) in [6.07, 6.45) is 1.85. The second-order valence-corrected chi connectivity index (χ2v) is 10.1. The van der Waals surface area contributed by atoms with E-state index in [1.54, 1.807) is 0 Å². The molecule has 4 aromatic rings. The lowest BCUT2D eigenvalue weighted by atomic mass is 10.1. The third kappa shape index (κ3) is 6.57. The van der Waals surface area contributed by atoms with Crippen LogP contribution < -0.4 is 10.1 Å². The highest BCUT2D eigenvalue weighted by atomic mass is 16.5. The lowest BCUT2D eigenvalue weighted by molar-refractivity contribution is -0.144. The fourth-order valence-electron chi connectivity index (χ4n) is 5.09. The van der Waals surface area contributed by atoms with Crippen LogP contribution in [0, 0.1) is 13.8 Å². The first-order chi connectivity index (χ1) is 19.0. The number of benzene rings is 2. The van der Waals surface area contributed by atoms with Gasteiger partial charge in [-0.2, -0.15) is 0 Å². The number of aryl methyl sites for hydroxylation is 2. The predicted octanol–water partition coefficient (Wildman–Crippen LogP) is 5.11. The Morgan fingerprint density at radius 3 is 2.56 bits per heavy atom. The van der Waals surface area contributed by atoms with Gasteiger partial charge in [0.15, 0.2) is 0 Å². The molecule has 8 nitrogen and oxygen atoms in total. The standard InChI is InChI=1S/C31H37N5O3/c1-4-38-29(37)20-35-17-15-25(16-18-35)33-31-34-30-22(2)9-8-12-27(30)36(31)19-26-28(14-13-23(3)32-26)39-21-24-10-6-5-7-11-24/h5-14,25H,4,15-21H2,1-3H3,(H,33,34). The number of carbonyl (C=O) groups excluding carboxylic acids is 1. The first kappa shape index (κ1) is 26.7. The van der Waals surface area contributed by atoms with E-state index in [2.05, 4.69) is 52.0 Å². The number of piperidine rings is 1. The summed E-state index contributed by atoms with van der Waals surface area (Å²) in [5.41, 5.74) is 6.12. The summed E-state index contributed by atoms with van der Waals surface area (Å²) >= 11 is 0. The molecule has 0 atom stereocenters. The van der Waals surface area contributed by atoms with Gasteiger partial charge in [0.2, 0.25) is 5.95 Å². The number of esters is 1. The van der Waals surface area contributed by atoms with Crippen molar-refractivity contribution in [2.45, 2.75) is 52.8 Å². The molecule has 204 valence electrons. The second-order valence-electron chi connectivity index (χ2n) is 10.1. The molecule has 1 fully saturated rings. The van der Waals surface area contributed by atoms with Crippen LogP contribution in [0.3, 0.4) is 0 Å². The molecule has 0 aliphatic carbocycles. The Balaban J connectivity index is 1.37. The minimum atomic E-state index is -0.155. The predicted molar refractivity (Wildman–Crippen MR) is 153 cm³/mol. The molecule has 3 heterocycles. The number of likely N-dealkylation sites (tertiary alicyclic amines) is 1. The molecule has 1 saturated heterocycles. The molecule has 0 unspecified atom stereocenters. The second kappa shape index (κ2) is 12.3. The van der Waals surface area contributed by atoms with Gasteiger partial charge in [-0.25, -0.2) is 4.98 Å². The van der Waals surface area contributed by atoms with Gasteiger partial charge in [0.1, 0.15) is 18.1 Å². The average Bonchev–Trinajstić information content (AvgIpc) is 3.28. The lowest BCUT2D eigenvalue weighted by Crippen LogP contribution is -2.42. The summed E-state index contributed by atoms with van der Waals surface area (Å²) in [5.74, 6) is 1.45. The van der Waals surface area contributed by atoms with Gasteiger partial charge >= 0.3 is 5.97 Å². The fourth-order valence-corrected chi connectivity index (χ4v) is 5.09. The van der Waals surface area contributed by atoms with Crippen LogP contribution in [0.1, 0.15) is 42.3 Å². The Hall–Kier alpha value is -3.91. The molecule has 8 heteroatoms. The third-order valence-corrected chi connectivity index (χ3v) is 7.18. The molecule has 1 aliphatic rings. The van der Waals surface area contributed by atoms with Crippen LogP contribution >= 0.6 is 0 Å². The number of hydrogen-bond donors (Lipinski definition) is 1. The van der Waals surface area contributed by atoms with E-state index >= 15 is 0 Å². The molecule has 0 radical (unpaired) electrons. The Bertz CT molecular complexity index is 1410. The number of pyridine rings is 1. The van der Waals surface area contributed by atoms with Gasteiger partial charge < -0.3 is 19.4 Å². The van der Waals surface area contributed by atoms with Crippen molar-refractivity contribution in [3.63, 3.8) is 0 Å². The topological polar surface area (TPSA) is 81.5 Å². The van der Waals surface area contributed by atoms with Gasteiger partial charge in [-0.05, 0) is 62.9 Å². The molecule has 0 amide bonds. The summed E-state index contributed by atoms with van der Waals surface area (Å²) in [4.78, 5) is 24.0. The first-order valence-corrected chi connectivity index (χ1v) is 13.7. The van der Waals surface area contributed by atoms with Crippen LogP contribution in [0.25, 0.3) is 11.0 Å². The van der Waals surface area contributed by atoms with Crippen molar-refractivity contribution in [2.75, 3.05) is 31.6 Å². The van der Waals surface area contributed by atoms with Crippen molar-refractivity contribution in [3.8, 4) is 5.75 Å². The van der Waals surface area contributed by atoms with Crippen molar-refractivity contribution in [1.29, 1.82) is 0 Å². The van der Waals surface area contributed by atoms with E-state index in [9.17, 15) is 4.79 Å². The van der Waals surface area contributed by atoms with Crippen molar-refractivity contribution < 1.29 is 14.3 Å². The first-order valence-electron chi connectivity index (χ1n) is 13.7. The normalized spacial score (nSPS) is 14.4. The van der Waals surface area contributed by atoms with Crippen molar-refractivity contribution >= 4 is 23.0 Å². The maximum absolute atomic E-state index is 11.9. The van der Waals surface area contributed by atoms with Gasteiger partial charge in [-0.1, -0.05) is 42.5 Å². The van der Waals surface area contributed by atoms with Crippen LogP contribution in [0.4, 0.5) is 5.95 Å². The zero-order chi connectivity index (χ0) is 27.2. The molecule has 5 rings (SSSR count). The number of ether oxygens (including phenoxy) is 2. The SMILES string of the molecule is CCOC(=O)CN1CCC(Nc2nc3c(C)cccc3n2Cc2nc(C)ccc2OCc2ccccc2)CC1. The molecule has 39 heavy (non-hydrogen) atoms. The molecule has 2 aromatic heterocycles. The van der Waals surface area contributed by atoms with E-state index < -0.39 is 0 Å². The van der Waals surface area contributed by atoms with Crippen LogP contribution in [0.15, 0.2) is 60.7 Å². The van der Waals surface area contributed by atoms with Gasteiger partial charge in [0.25, 0.3) is 0 Å². The van der Waals surface area contributed by atoms with Crippen molar-refractivity contribution in [3.05, 3.63) is 83.2 Å². The molecular formula is C31H37N5O3. The molecule has 2 aromatic carbocycles. The Morgan fingerprint density at radius 1 is 1.00 bits per heavy atom. The van der Waals surface area contributed by atoms with Gasteiger partial charge in [-0.3, -0.25) is 14.7 Å². The van der Waals surface area contributed by atoms with E-state index in [4.69, 9.17) is 19.4 Å². The highest BCUT2D eigenvalue weighted by Crippen LogP contribution is 2.28. The number of carbonyl (C=O) groups is 1. The average molecular weight is 528 g/mol. The number of anilines is 1. The van der Waals surface area contributed by atoms with Crippen molar-refractivity contribution in [1.82, 2.24) is 19.4 Å². The number of rotatable bonds is 10. The summed E-state index contributed by atoms with van der Waals surface area (Å²) in [5, 5.41) is 3.72. The maximum atomic E-state index is 11.9. The minimum absolute atomic E-state index is 0.155. The number of imidazole rings is 1. The quantitative estimate of drug-likeness (QED) is 0.287. The van der Waals surface area contributed by atoms with E-state index in [1.807, 2.05) is 44.2 Å². The summed E-state index contributed by atoms with van der Waals surface area (Å²) < 4.78 is 13.6. The fraction of sp³-hybridized carbons (Fsp3) is 0.387. The molecular weight excluding hydrogens is 490 g/mol. The zero-order valence-corrected chi connectivity index (χ0v) is 23.0. The Kier molecular flexibility index (Phi) is 8.42.